The molecule has 4 atom stereocenters. The molecule has 1 fully saturated rings. The summed E-state index contributed by atoms with van der Waals surface area (Å²) in [6.45, 7) is 3.29. The van der Waals surface area contributed by atoms with Gasteiger partial charge in [-0.15, -0.1) is 0 Å². The fraction of sp³-hybridized carbons (Fsp3) is 0.727. The van der Waals surface area contributed by atoms with Crippen LogP contribution in [0.5, 0.6) is 0 Å². The molecule has 1 aliphatic heterocycles. The molecule has 1 heterocycles. The normalized spacial score (nSPS) is 30.3. The Morgan fingerprint density at radius 2 is 1.53 bits per heavy atom. The van der Waals surface area contributed by atoms with Crippen molar-refractivity contribution in [3.8, 4) is 0 Å². The van der Waals surface area contributed by atoms with Gasteiger partial charge in [-0.25, -0.2) is 0 Å². The van der Waals surface area contributed by atoms with Crippen LogP contribution in [0.25, 0.3) is 0 Å². The molecule has 19 heavy (non-hydrogen) atoms. The number of aliphatic hydroxyl groups excluding tert-OH is 1. The van der Waals surface area contributed by atoms with Gasteiger partial charge in [-0.1, -0.05) is 0 Å². The van der Waals surface area contributed by atoms with E-state index in [1.165, 1.54) is 6.92 Å². The molecule has 0 saturated carbocycles. The van der Waals surface area contributed by atoms with Crippen molar-refractivity contribution in [2.45, 2.75) is 45.4 Å². The molecule has 0 bridgehead atoms. The minimum atomic E-state index is -1.34. The van der Waals surface area contributed by atoms with Crippen molar-refractivity contribution in [2.75, 3.05) is 6.61 Å². The summed E-state index contributed by atoms with van der Waals surface area (Å²) in [4.78, 5) is 32.7. The molecular weight excluding hydrogens is 260 g/mol. The van der Waals surface area contributed by atoms with Gasteiger partial charge in [0.2, 0.25) is 6.29 Å². The molecule has 0 radical (unpaired) electrons. The summed E-state index contributed by atoms with van der Waals surface area (Å²) in [5.41, 5.74) is 0. The first kappa shape index (κ1) is 15.4. The highest BCUT2D eigenvalue weighted by molar-refractivity contribution is 5.67. The third kappa shape index (κ3) is 4.49. The number of esters is 3. The summed E-state index contributed by atoms with van der Waals surface area (Å²) in [5.74, 6) is -1.95. The third-order valence-electron chi connectivity index (χ3n) is 2.31. The lowest BCUT2D eigenvalue weighted by Crippen LogP contribution is -2.56. The maximum Gasteiger partial charge on any atom is 0.305 e. The summed E-state index contributed by atoms with van der Waals surface area (Å²) in [6.07, 6.45) is -4.82. The predicted octanol–water partition coefficient (Wildman–Crippen LogP) is -0.870. The van der Waals surface area contributed by atoms with E-state index in [0.717, 1.165) is 13.8 Å². The van der Waals surface area contributed by atoms with Crippen LogP contribution in [-0.4, -0.2) is 54.2 Å². The highest BCUT2D eigenvalue weighted by atomic mass is 16.7. The molecule has 0 aromatic heterocycles. The smallest absolute Gasteiger partial charge is 0.305 e. The van der Waals surface area contributed by atoms with Gasteiger partial charge in [0.1, 0.15) is 6.10 Å². The molecule has 0 aromatic rings. The van der Waals surface area contributed by atoms with Crippen molar-refractivity contribution < 1.29 is 38.4 Å². The predicted molar refractivity (Wildman–Crippen MR) is 58.6 cm³/mol. The van der Waals surface area contributed by atoms with Gasteiger partial charge in [0, 0.05) is 20.8 Å². The van der Waals surface area contributed by atoms with Crippen molar-refractivity contribution in [3.63, 3.8) is 0 Å². The summed E-state index contributed by atoms with van der Waals surface area (Å²) in [7, 11) is 0. The summed E-state index contributed by atoms with van der Waals surface area (Å²) in [6, 6.07) is 0. The minimum absolute atomic E-state index is 0.170. The second-order valence-electron chi connectivity index (χ2n) is 4.02. The zero-order valence-electron chi connectivity index (χ0n) is 10.8. The zero-order chi connectivity index (χ0) is 14.6. The second kappa shape index (κ2) is 6.48. The van der Waals surface area contributed by atoms with Crippen LogP contribution < -0.4 is 0 Å². The van der Waals surface area contributed by atoms with E-state index in [2.05, 4.69) is 0 Å². The molecular formula is C11H16O8. The number of aliphatic hydroxyl groups is 1. The monoisotopic (exact) mass is 276 g/mol. The van der Waals surface area contributed by atoms with Gasteiger partial charge >= 0.3 is 17.9 Å². The standard InChI is InChI=1S/C11H16O8/c1-5(12)17-8-4-16-11(19-7(3)14)10(9(8)15)18-6(2)13/h8-11,15H,4H2,1-3H3/t8-,9+,10-,11?/m1/s1. The topological polar surface area (TPSA) is 108 Å². The number of hydrogen-bond donors (Lipinski definition) is 1. The third-order valence-corrected chi connectivity index (χ3v) is 2.31. The SMILES string of the molecule is CC(=O)OC1OC[C@@H](OC(C)=O)[C@H](O)[C@H]1OC(C)=O. The largest absolute Gasteiger partial charge is 0.457 e. The Hall–Kier alpha value is -1.67. The first-order valence-electron chi connectivity index (χ1n) is 5.62. The average Bonchev–Trinajstić information content (AvgIpc) is 2.26. The van der Waals surface area contributed by atoms with Crippen molar-refractivity contribution >= 4 is 17.9 Å². The van der Waals surface area contributed by atoms with Crippen LogP contribution in [-0.2, 0) is 33.3 Å². The Morgan fingerprint density at radius 3 is 2.00 bits per heavy atom. The first-order chi connectivity index (χ1) is 8.81. The van der Waals surface area contributed by atoms with Crippen LogP contribution in [0.2, 0.25) is 0 Å². The summed E-state index contributed by atoms with van der Waals surface area (Å²) >= 11 is 0. The summed E-state index contributed by atoms with van der Waals surface area (Å²) in [5, 5.41) is 9.98. The first-order valence-corrected chi connectivity index (χ1v) is 5.62. The molecule has 8 heteroatoms. The fourth-order valence-corrected chi connectivity index (χ4v) is 1.65. The molecule has 0 aromatic carbocycles. The van der Waals surface area contributed by atoms with E-state index in [1.807, 2.05) is 0 Å². The molecule has 1 saturated heterocycles. The van der Waals surface area contributed by atoms with Gasteiger partial charge in [0.15, 0.2) is 12.2 Å². The van der Waals surface area contributed by atoms with E-state index >= 15 is 0 Å². The number of carbonyl (C=O) groups excluding carboxylic acids is 3. The lowest BCUT2D eigenvalue weighted by atomic mass is 10.0. The number of hydrogen-bond acceptors (Lipinski definition) is 8. The van der Waals surface area contributed by atoms with Crippen LogP contribution in [0, 0.1) is 0 Å². The van der Waals surface area contributed by atoms with E-state index < -0.39 is 42.5 Å². The van der Waals surface area contributed by atoms with E-state index in [4.69, 9.17) is 18.9 Å². The van der Waals surface area contributed by atoms with Crippen molar-refractivity contribution in [1.82, 2.24) is 0 Å². The summed E-state index contributed by atoms with van der Waals surface area (Å²) < 4.78 is 19.6. The molecule has 0 amide bonds. The van der Waals surface area contributed by atoms with Crippen LogP contribution in [0.1, 0.15) is 20.8 Å². The quantitative estimate of drug-likeness (QED) is 0.523. The van der Waals surface area contributed by atoms with E-state index in [-0.39, 0.29) is 6.61 Å². The fourth-order valence-electron chi connectivity index (χ4n) is 1.65. The minimum Gasteiger partial charge on any atom is -0.457 e. The van der Waals surface area contributed by atoms with Crippen LogP contribution in [0.15, 0.2) is 0 Å². The molecule has 108 valence electrons. The molecule has 1 N–H and O–H groups in total. The van der Waals surface area contributed by atoms with Crippen molar-refractivity contribution in [2.24, 2.45) is 0 Å². The van der Waals surface area contributed by atoms with Gasteiger partial charge in [-0.2, -0.15) is 0 Å². The van der Waals surface area contributed by atoms with Crippen LogP contribution >= 0.6 is 0 Å². The Balaban J connectivity index is 2.79. The number of rotatable bonds is 3. The van der Waals surface area contributed by atoms with Gasteiger partial charge in [0.25, 0.3) is 0 Å². The van der Waals surface area contributed by atoms with Gasteiger partial charge in [-0.3, -0.25) is 14.4 Å². The zero-order valence-corrected chi connectivity index (χ0v) is 10.8. The van der Waals surface area contributed by atoms with Crippen LogP contribution in [0.3, 0.4) is 0 Å². The van der Waals surface area contributed by atoms with Crippen LogP contribution in [0.4, 0.5) is 0 Å². The van der Waals surface area contributed by atoms with Gasteiger partial charge < -0.3 is 24.1 Å². The lowest BCUT2D eigenvalue weighted by Gasteiger charge is -2.37. The molecule has 1 unspecified atom stereocenters. The molecule has 0 aliphatic carbocycles. The van der Waals surface area contributed by atoms with Crippen molar-refractivity contribution in [1.29, 1.82) is 0 Å². The molecule has 1 rings (SSSR count). The Morgan fingerprint density at radius 1 is 1.00 bits per heavy atom. The van der Waals surface area contributed by atoms with Gasteiger partial charge in [-0.05, 0) is 0 Å². The highest BCUT2D eigenvalue weighted by Crippen LogP contribution is 2.22. The molecule has 1 aliphatic rings. The van der Waals surface area contributed by atoms with Gasteiger partial charge in [0.05, 0.1) is 6.61 Å². The average molecular weight is 276 g/mol. The maximum atomic E-state index is 11.0. The Kier molecular flexibility index (Phi) is 5.25. The lowest BCUT2D eigenvalue weighted by molar-refractivity contribution is -0.270. The van der Waals surface area contributed by atoms with E-state index in [0.29, 0.717) is 0 Å². The maximum absolute atomic E-state index is 11.0. The second-order valence-corrected chi connectivity index (χ2v) is 4.02. The molecule has 8 nitrogen and oxygen atoms in total. The Bertz CT molecular complexity index is 366. The van der Waals surface area contributed by atoms with E-state index in [9.17, 15) is 19.5 Å². The van der Waals surface area contributed by atoms with Crippen molar-refractivity contribution in [3.05, 3.63) is 0 Å². The highest BCUT2D eigenvalue weighted by Gasteiger charge is 2.45. The number of carbonyl (C=O) groups is 3. The molecule has 0 spiro atoms. The Labute approximate surface area is 109 Å². The number of ether oxygens (including phenoxy) is 4. The van der Waals surface area contributed by atoms with E-state index in [1.54, 1.807) is 0 Å².